The van der Waals surface area contributed by atoms with Crippen LogP contribution in [0.15, 0.2) is 18.2 Å². The molecule has 2 amide bonds. The van der Waals surface area contributed by atoms with Crippen LogP contribution in [0.25, 0.3) is 0 Å². The van der Waals surface area contributed by atoms with Gasteiger partial charge in [0.15, 0.2) is 0 Å². The Morgan fingerprint density at radius 1 is 1.41 bits per heavy atom. The highest BCUT2D eigenvalue weighted by atomic mass is 16.3. The van der Waals surface area contributed by atoms with Gasteiger partial charge in [0.05, 0.1) is 11.4 Å². The molecule has 1 fully saturated rings. The summed E-state index contributed by atoms with van der Waals surface area (Å²) in [5, 5.41) is 11.7. The number of hydrogen-bond donors (Lipinski definition) is 3. The number of benzene rings is 1. The molecular weight excluding hydrogens is 282 g/mol. The Kier molecular flexibility index (Phi) is 5.38. The molecule has 1 aromatic carbocycles. The van der Waals surface area contributed by atoms with Gasteiger partial charge in [-0.25, -0.2) is 0 Å². The van der Waals surface area contributed by atoms with E-state index in [9.17, 15) is 9.59 Å². The molecule has 1 heterocycles. The van der Waals surface area contributed by atoms with E-state index in [0.717, 1.165) is 24.8 Å². The minimum absolute atomic E-state index is 0.0148. The van der Waals surface area contributed by atoms with Gasteiger partial charge in [-0.15, -0.1) is 0 Å². The summed E-state index contributed by atoms with van der Waals surface area (Å²) in [5.74, 6) is -1.24. The third kappa shape index (κ3) is 3.76. The molecule has 2 rings (SSSR count). The van der Waals surface area contributed by atoms with E-state index in [1.807, 2.05) is 13.0 Å². The Bertz CT molecular complexity index is 558. The van der Waals surface area contributed by atoms with E-state index in [1.54, 1.807) is 17.0 Å². The molecule has 0 saturated carbocycles. The Balaban J connectivity index is 2.07. The second-order valence-electron chi connectivity index (χ2n) is 5.71. The first kappa shape index (κ1) is 16.3. The summed E-state index contributed by atoms with van der Waals surface area (Å²) in [6.07, 6.45) is 3.23. The van der Waals surface area contributed by atoms with Crippen molar-refractivity contribution in [3.8, 4) is 0 Å². The highest BCUT2D eigenvalue weighted by Gasteiger charge is 2.30. The van der Waals surface area contributed by atoms with E-state index >= 15 is 0 Å². The number of piperidine rings is 1. The van der Waals surface area contributed by atoms with Crippen LogP contribution in [0.2, 0.25) is 0 Å². The maximum Gasteiger partial charge on any atom is 0.313 e. The van der Waals surface area contributed by atoms with Crippen molar-refractivity contribution in [3.05, 3.63) is 23.8 Å². The molecule has 1 aliphatic heterocycles. The summed E-state index contributed by atoms with van der Waals surface area (Å²) in [6, 6.07) is 5.22. The van der Waals surface area contributed by atoms with Gasteiger partial charge in [-0.2, -0.15) is 0 Å². The van der Waals surface area contributed by atoms with Crippen molar-refractivity contribution in [3.63, 3.8) is 0 Å². The van der Waals surface area contributed by atoms with Crippen LogP contribution in [0, 0.1) is 6.92 Å². The quantitative estimate of drug-likeness (QED) is 0.579. The van der Waals surface area contributed by atoms with Gasteiger partial charge in [-0.05, 0) is 50.3 Å². The number of likely N-dealkylation sites (tertiary alicyclic amines) is 1. The first-order chi connectivity index (χ1) is 10.5. The number of hydrogen-bond acceptors (Lipinski definition) is 4. The molecule has 0 aliphatic carbocycles. The van der Waals surface area contributed by atoms with E-state index in [2.05, 4.69) is 5.32 Å². The van der Waals surface area contributed by atoms with Crippen LogP contribution in [0.5, 0.6) is 0 Å². The van der Waals surface area contributed by atoms with Crippen molar-refractivity contribution in [1.82, 2.24) is 4.90 Å². The van der Waals surface area contributed by atoms with Crippen molar-refractivity contribution < 1.29 is 14.7 Å². The van der Waals surface area contributed by atoms with Gasteiger partial charge in [0.25, 0.3) is 0 Å². The molecule has 0 radical (unpaired) electrons. The SMILES string of the molecule is Cc1ccc(N)c(NC(=O)C(=O)N2CCCCC2CCO)c1. The van der Waals surface area contributed by atoms with Crippen LogP contribution in [-0.4, -0.2) is 41.0 Å². The maximum atomic E-state index is 12.4. The molecule has 1 saturated heterocycles. The molecule has 4 N–H and O–H groups in total. The van der Waals surface area contributed by atoms with Crippen LogP contribution in [0.4, 0.5) is 11.4 Å². The monoisotopic (exact) mass is 305 g/mol. The first-order valence-electron chi connectivity index (χ1n) is 7.62. The van der Waals surface area contributed by atoms with Gasteiger partial charge in [0, 0.05) is 19.2 Å². The van der Waals surface area contributed by atoms with Crippen LogP contribution in [-0.2, 0) is 9.59 Å². The Morgan fingerprint density at radius 2 is 2.18 bits per heavy atom. The largest absolute Gasteiger partial charge is 0.397 e. The molecule has 0 bridgehead atoms. The first-order valence-corrected chi connectivity index (χ1v) is 7.62. The zero-order valence-corrected chi connectivity index (χ0v) is 12.8. The molecule has 120 valence electrons. The van der Waals surface area contributed by atoms with Crippen LogP contribution < -0.4 is 11.1 Å². The summed E-state index contributed by atoms with van der Waals surface area (Å²) in [6.45, 7) is 2.46. The zero-order chi connectivity index (χ0) is 16.1. The summed E-state index contributed by atoms with van der Waals surface area (Å²) in [4.78, 5) is 26.2. The van der Waals surface area contributed by atoms with E-state index in [-0.39, 0.29) is 12.6 Å². The fourth-order valence-corrected chi connectivity index (χ4v) is 2.80. The van der Waals surface area contributed by atoms with Crippen molar-refractivity contribution in [1.29, 1.82) is 0 Å². The number of aliphatic hydroxyl groups is 1. The molecular formula is C16H23N3O3. The normalized spacial score (nSPS) is 18.1. The van der Waals surface area contributed by atoms with E-state index in [1.165, 1.54) is 0 Å². The lowest BCUT2D eigenvalue weighted by Gasteiger charge is -2.35. The minimum Gasteiger partial charge on any atom is -0.397 e. The predicted octanol–water partition coefficient (Wildman–Crippen LogP) is 1.28. The molecule has 1 aromatic rings. The summed E-state index contributed by atoms with van der Waals surface area (Å²) >= 11 is 0. The molecule has 0 aromatic heterocycles. The van der Waals surface area contributed by atoms with Gasteiger partial charge in [-0.1, -0.05) is 6.07 Å². The number of anilines is 2. The lowest BCUT2D eigenvalue weighted by molar-refractivity contribution is -0.146. The van der Waals surface area contributed by atoms with Gasteiger partial charge in [0.2, 0.25) is 0 Å². The van der Waals surface area contributed by atoms with E-state index < -0.39 is 11.8 Å². The number of aliphatic hydroxyl groups excluding tert-OH is 1. The Hall–Kier alpha value is -2.08. The van der Waals surface area contributed by atoms with Crippen molar-refractivity contribution >= 4 is 23.2 Å². The third-order valence-electron chi connectivity index (χ3n) is 4.00. The van der Waals surface area contributed by atoms with Gasteiger partial charge in [0.1, 0.15) is 0 Å². The van der Waals surface area contributed by atoms with Crippen molar-refractivity contribution in [2.45, 2.75) is 38.6 Å². The van der Waals surface area contributed by atoms with Crippen LogP contribution in [0.1, 0.15) is 31.2 Å². The number of nitrogens with one attached hydrogen (secondary N) is 1. The van der Waals surface area contributed by atoms with E-state index in [4.69, 9.17) is 10.8 Å². The second kappa shape index (κ2) is 7.26. The number of amides is 2. The average Bonchev–Trinajstić information content (AvgIpc) is 2.51. The molecule has 6 nitrogen and oxygen atoms in total. The standard InChI is InChI=1S/C16H23N3O3/c1-11-5-6-13(17)14(10-11)18-15(21)16(22)19-8-3-2-4-12(19)7-9-20/h5-6,10,12,20H,2-4,7-9,17H2,1H3,(H,18,21). The van der Waals surface area contributed by atoms with Crippen LogP contribution >= 0.6 is 0 Å². The van der Waals surface area contributed by atoms with Gasteiger partial charge in [-0.3, -0.25) is 9.59 Å². The lowest BCUT2D eigenvalue weighted by Crippen LogP contribution is -2.48. The van der Waals surface area contributed by atoms with E-state index in [0.29, 0.717) is 24.3 Å². The third-order valence-corrected chi connectivity index (χ3v) is 4.00. The average molecular weight is 305 g/mol. The smallest absolute Gasteiger partial charge is 0.313 e. The van der Waals surface area contributed by atoms with Crippen molar-refractivity contribution in [2.75, 3.05) is 24.2 Å². The highest BCUT2D eigenvalue weighted by molar-refractivity contribution is 6.39. The fourth-order valence-electron chi connectivity index (χ4n) is 2.80. The maximum absolute atomic E-state index is 12.4. The summed E-state index contributed by atoms with van der Waals surface area (Å²) in [7, 11) is 0. The number of nitrogens with two attached hydrogens (primary N) is 1. The summed E-state index contributed by atoms with van der Waals surface area (Å²) < 4.78 is 0. The zero-order valence-electron chi connectivity index (χ0n) is 12.8. The number of carbonyl (C=O) groups excluding carboxylic acids is 2. The van der Waals surface area contributed by atoms with Crippen LogP contribution in [0.3, 0.4) is 0 Å². The predicted molar refractivity (Wildman–Crippen MR) is 85.3 cm³/mol. The molecule has 1 atom stereocenters. The molecule has 22 heavy (non-hydrogen) atoms. The number of carbonyl (C=O) groups is 2. The summed E-state index contributed by atoms with van der Waals surface area (Å²) in [5.41, 5.74) is 7.65. The van der Waals surface area contributed by atoms with Gasteiger partial charge < -0.3 is 21.1 Å². The minimum atomic E-state index is -0.679. The molecule has 0 spiro atoms. The lowest BCUT2D eigenvalue weighted by atomic mass is 9.99. The number of aryl methyl sites for hydroxylation is 1. The molecule has 6 heteroatoms. The fraction of sp³-hybridized carbons (Fsp3) is 0.500. The molecule has 1 aliphatic rings. The Labute approximate surface area is 130 Å². The van der Waals surface area contributed by atoms with Crippen molar-refractivity contribution in [2.24, 2.45) is 0 Å². The Morgan fingerprint density at radius 3 is 2.91 bits per heavy atom. The molecule has 1 unspecified atom stereocenters. The second-order valence-corrected chi connectivity index (χ2v) is 5.71. The number of nitrogens with zero attached hydrogens (tertiary/aromatic N) is 1. The topological polar surface area (TPSA) is 95.7 Å². The number of rotatable bonds is 3. The number of nitrogen functional groups attached to an aromatic ring is 1. The van der Waals surface area contributed by atoms with Gasteiger partial charge >= 0.3 is 11.8 Å². The highest BCUT2D eigenvalue weighted by Crippen LogP contribution is 2.22.